The smallest absolute Gasteiger partial charge is 0.251 e. The van der Waals surface area contributed by atoms with Gasteiger partial charge < -0.3 is 20.4 Å². The van der Waals surface area contributed by atoms with Crippen molar-refractivity contribution in [1.29, 1.82) is 0 Å². The van der Waals surface area contributed by atoms with Crippen LogP contribution >= 0.6 is 0 Å². The summed E-state index contributed by atoms with van der Waals surface area (Å²) < 4.78 is 5.12. The van der Waals surface area contributed by atoms with Crippen LogP contribution in [0.2, 0.25) is 0 Å². The van der Waals surface area contributed by atoms with E-state index in [0.717, 1.165) is 5.56 Å². The Morgan fingerprint density at radius 3 is 2.54 bits per heavy atom. The van der Waals surface area contributed by atoms with Crippen LogP contribution in [0.25, 0.3) is 0 Å². The van der Waals surface area contributed by atoms with Crippen molar-refractivity contribution in [1.82, 2.24) is 16.0 Å². The zero-order valence-electron chi connectivity index (χ0n) is 14.9. The highest BCUT2D eigenvalue weighted by Crippen LogP contribution is 2.06. The number of aryl methyl sites for hydroxylation is 1. The summed E-state index contributed by atoms with van der Waals surface area (Å²) in [6.45, 7) is 3.91. The summed E-state index contributed by atoms with van der Waals surface area (Å²) >= 11 is 0. The van der Waals surface area contributed by atoms with Gasteiger partial charge in [0, 0.05) is 18.5 Å². The van der Waals surface area contributed by atoms with Gasteiger partial charge in [-0.25, -0.2) is 0 Å². The number of nitrogens with one attached hydrogen (secondary N) is 3. The van der Waals surface area contributed by atoms with E-state index in [4.69, 9.17) is 4.42 Å². The monoisotopic (exact) mass is 357 g/mol. The van der Waals surface area contributed by atoms with Crippen LogP contribution in [0.4, 0.5) is 0 Å². The molecule has 0 saturated heterocycles. The van der Waals surface area contributed by atoms with E-state index in [-0.39, 0.29) is 37.2 Å². The molecule has 0 fully saturated rings. The van der Waals surface area contributed by atoms with Crippen molar-refractivity contribution in [2.45, 2.75) is 32.9 Å². The van der Waals surface area contributed by atoms with Gasteiger partial charge in [-0.05, 0) is 37.6 Å². The van der Waals surface area contributed by atoms with E-state index in [9.17, 15) is 14.4 Å². The lowest BCUT2D eigenvalue weighted by atomic mass is 10.1. The van der Waals surface area contributed by atoms with Gasteiger partial charge in [-0.1, -0.05) is 18.2 Å². The van der Waals surface area contributed by atoms with Crippen LogP contribution in [0.3, 0.4) is 0 Å². The number of furan rings is 1. The quantitative estimate of drug-likeness (QED) is 0.667. The molecule has 7 nitrogen and oxygen atoms in total. The van der Waals surface area contributed by atoms with Gasteiger partial charge in [-0.3, -0.25) is 14.4 Å². The second-order valence-corrected chi connectivity index (χ2v) is 5.91. The Bertz CT molecular complexity index is 756. The minimum Gasteiger partial charge on any atom is -0.467 e. The van der Waals surface area contributed by atoms with E-state index in [0.29, 0.717) is 11.3 Å². The van der Waals surface area contributed by atoms with Gasteiger partial charge in [-0.2, -0.15) is 0 Å². The van der Waals surface area contributed by atoms with Gasteiger partial charge in [-0.15, -0.1) is 0 Å². The SMILES string of the molecule is Cc1ccccc1C(=O)NCCC(=O)NC(C)C(=O)NCc1ccco1. The van der Waals surface area contributed by atoms with Crippen LogP contribution in [0.15, 0.2) is 47.1 Å². The van der Waals surface area contributed by atoms with Crippen LogP contribution in [0, 0.1) is 6.92 Å². The largest absolute Gasteiger partial charge is 0.467 e. The maximum absolute atomic E-state index is 12.1. The summed E-state index contributed by atoms with van der Waals surface area (Å²) in [6, 6.07) is 10.0. The van der Waals surface area contributed by atoms with Crippen molar-refractivity contribution in [3.8, 4) is 0 Å². The highest BCUT2D eigenvalue weighted by atomic mass is 16.3. The Kier molecular flexibility index (Phi) is 6.96. The van der Waals surface area contributed by atoms with Crippen molar-refractivity contribution in [3.63, 3.8) is 0 Å². The predicted molar refractivity (Wildman–Crippen MR) is 96.3 cm³/mol. The summed E-state index contributed by atoms with van der Waals surface area (Å²) in [6.07, 6.45) is 1.62. The third-order valence-corrected chi connectivity index (χ3v) is 3.82. The molecule has 1 aromatic heterocycles. The molecular formula is C19H23N3O4. The van der Waals surface area contributed by atoms with E-state index >= 15 is 0 Å². The zero-order chi connectivity index (χ0) is 18.9. The molecule has 1 unspecified atom stereocenters. The number of hydrogen-bond acceptors (Lipinski definition) is 4. The zero-order valence-corrected chi connectivity index (χ0v) is 14.9. The van der Waals surface area contributed by atoms with Gasteiger partial charge in [0.25, 0.3) is 5.91 Å². The molecule has 1 aromatic carbocycles. The standard InChI is InChI=1S/C19H23N3O4/c1-13-6-3-4-8-16(13)19(25)20-10-9-17(23)22-14(2)18(24)21-12-15-7-5-11-26-15/h3-8,11,14H,9-10,12H2,1-2H3,(H,20,25)(H,21,24)(H,22,23). The summed E-state index contributed by atoms with van der Waals surface area (Å²) in [5, 5.41) is 7.98. The molecule has 0 spiro atoms. The van der Waals surface area contributed by atoms with Gasteiger partial charge in [0.2, 0.25) is 11.8 Å². The molecule has 0 aliphatic heterocycles. The second kappa shape index (κ2) is 9.41. The number of benzene rings is 1. The van der Waals surface area contributed by atoms with Crippen LogP contribution in [0.5, 0.6) is 0 Å². The summed E-state index contributed by atoms with van der Waals surface area (Å²) in [5.41, 5.74) is 1.45. The van der Waals surface area contributed by atoms with Crippen LogP contribution < -0.4 is 16.0 Å². The van der Waals surface area contributed by atoms with E-state index in [2.05, 4.69) is 16.0 Å². The number of carbonyl (C=O) groups excluding carboxylic acids is 3. The molecule has 3 N–H and O–H groups in total. The van der Waals surface area contributed by atoms with Crippen molar-refractivity contribution in [3.05, 3.63) is 59.5 Å². The van der Waals surface area contributed by atoms with Gasteiger partial charge in [0.15, 0.2) is 0 Å². The van der Waals surface area contributed by atoms with Crippen LogP contribution in [-0.2, 0) is 16.1 Å². The van der Waals surface area contributed by atoms with Crippen molar-refractivity contribution in [2.75, 3.05) is 6.54 Å². The first kappa shape index (κ1) is 19.2. The lowest BCUT2D eigenvalue weighted by Gasteiger charge is -2.14. The lowest BCUT2D eigenvalue weighted by Crippen LogP contribution is -2.45. The first-order valence-corrected chi connectivity index (χ1v) is 8.40. The average molecular weight is 357 g/mol. The molecule has 2 rings (SSSR count). The fourth-order valence-corrected chi connectivity index (χ4v) is 2.33. The Balaban J connectivity index is 1.68. The van der Waals surface area contributed by atoms with E-state index < -0.39 is 6.04 Å². The summed E-state index contributed by atoms with van der Waals surface area (Å²) in [7, 11) is 0. The maximum Gasteiger partial charge on any atom is 0.251 e. The molecule has 0 aliphatic carbocycles. The molecule has 1 heterocycles. The number of amides is 3. The number of hydrogen-bond donors (Lipinski definition) is 3. The van der Waals surface area contributed by atoms with Crippen molar-refractivity contribution in [2.24, 2.45) is 0 Å². The summed E-state index contributed by atoms with van der Waals surface area (Å²) in [4.78, 5) is 35.9. The molecule has 0 bridgehead atoms. The Labute approximate surface area is 152 Å². The predicted octanol–water partition coefficient (Wildman–Crippen LogP) is 1.53. The summed E-state index contributed by atoms with van der Waals surface area (Å²) in [5.74, 6) is -0.203. The minimum absolute atomic E-state index is 0.0907. The second-order valence-electron chi connectivity index (χ2n) is 5.91. The Hall–Kier alpha value is -3.09. The Morgan fingerprint density at radius 2 is 1.85 bits per heavy atom. The molecule has 7 heteroatoms. The molecule has 0 radical (unpaired) electrons. The molecule has 138 valence electrons. The van der Waals surface area contributed by atoms with Gasteiger partial charge >= 0.3 is 0 Å². The van der Waals surface area contributed by atoms with Gasteiger partial charge in [0.05, 0.1) is 12.8 Å². The average Bonchev–Trinajstić information content (AvgIpc) is 3.13. The van der Waals surface area contributed by atoms with Crippen molar-refractivity contribution < 1.29 is 18.8 Å². The minimum atomic E-state index is -0.676. The number of carbonyl (C=O) groups is 3. The highest BCUT2D eigenvalue weighted by molar-refractivity contribution is 5.95. The highest BCUT2D eigenvalue weighted by Gasteiger charge is 2.16. The normalized spacial score (nSPS) is 11.5. The topological polar surface area (TPSA) is 100 Å². The van der Waals surface area contributed by atoms with E-state index in [1.54, 1.807) is 31.2 Å². The fraction of sp³-hybridized carbons (Fsp3) is 0.316. The molecule has 0 saturated carbocycles. The number of rotatable bonds is 8. The van der Waals surface area contributed by atoms with Gasteiger partial charge in [0.1, 0.15) is 11.8 Å². The fourth-order valence-electron chi connectivity index (χ4n) is 2.33. The molecule has 2 aromatic rings. The molecule has 1 atom stereocenters. The van der Waals surface area contributed by atoms with Crippen molar-refractivity contribution >= 4 is 17.7 Å². The Morgan fingerprint density at radius 1 is 1.08 bits per heavy atom. The molecule has 0 aliphatic rings. The molecule has 3 amide bonds. The molecular weight excluding hydrogens is 334 g/mol. The van der Waals surface area contributed by atoms with Crippen LogP contribution in [0.1, 0.15) is 35.0 Å². The first-order valence-electron chi connectivity index (χ1n) is 8.40. The lowest BCUT2D eigenvalue weighted by molar-refractivity contribution is -0.128. The van der Waals surface area contributed by atoms with E-state index in [1.807, 2.05) is 19.1 Å². The van der Waals surface area contributed by atoms with Crippen LogP contribution in [-0.4, -0.2) is 30.3 Å². The van der Waals surface area contributed by atoms with E-state index in [1.165, 1.54) is 6.26 Å². The third kappa shape index (κ3) is 5.77. The third-order valence-electron chi connectivity index (χ3n) is 3.82. The first-order chi connectivity index (χ1) is 12.5. The maximum atomic E-state index is 12.1. The molecule has 26 heavy (non-hydrogen) atoms.